The van der Waals surface area contributed by atoms with Crippen LogP contribution >= 0.6 is 23.4 Å². The van der Waals surface area contributed by atoms with Crippen molar-refractivity contribution in [3.8, 4) is 0 Å². The normalized spacial score (nSPS) is 30.8. The van der Waals surface area contributed by atoms with Crippen molar-refractivity contribution in [2.75, 3.05) is 24.7 Å². The highest BCUT2D eigenvalue weighted by molar-refractivity contribution is 8.02. The molecule has 33 heavy (non-hydrogen) atoms. The van der Waals surface area contributed by atoms with Gasteiger partial charge in [-0.25, -0.2) is 0 Å². The fourth-order valence-corrected chi connectivity index (χ4v) is 7.97. The molecule has 2 unspecified atom stereocenters. The molecule has 7 nitrogen and oxygen atoms in total. The van der Waals surface area contributed by atoms with Gasteiger partial charge in [-0.1, -0.05) is 17.7 Å². The standard InChI is InChI=1S/C24H29ClN2O5S/c1-4-12-26(16-8-6-15(25)7-9-16)22(30)20-24-11-10-17(33-24)18(23(31)32-5-2)19(24)21(29)27(20)14(3)13-28/h4,6-9,14,17-20,28H,1,5,10-13H2,2-3H3/t14-,17+,18-,19+,20?,24?/m1/s1. The predicted octanol–water partition coefficient (Wildman–Crippen LogP) is 2.89. The molecule has 178 valence electrons. The van der Waals surface area contributed by atoms with Crippen molar-refractivity contribution in [1.82, 2.24) is 4.90 Å². The highest BCUT2D eigenvalue weighted by Gasteiger charge is 2.74. The average molecular weight is 493 g/mol. The smallest absolute Gasteiger partial charge is 0.310 e. The molecule has 0 aliphatic carbocycles. The van der Waals surface area contributed by atoms with Gasteiger partial charge >= 0.3 is 5.97 Å². The second-order valence-corrected chi connectivity index (χ2v) is 10.8. The number of ether oxygens (including phenoxy) is 1. The Morgan fingerprint density at radius 3 is 2.73 bits per heavy atom. The number of nitrogens with zero attached hydrogens (tertiary/aromatic N) is 2. The van der Waals surface area contributed by atoms with Crippen LogP contribution < -0.4 is 4.90 Å². The minimum atomic E-state index is -0.804. The van der Waals surface area contributed by atoms with E-state index in [1.165, 1.54) is 4.90 Å². The summed E-state index contributed by atoms with van der Waals surface area (Å²) in [5.41, 5.74) is 0.646. The molecule has 0 radical (unpaired) electrons. The molecule has 3 fully saturated rings. The van der Waals surface area contributed by atoms with Gasteiger partial charge in [0, 0.05) is 22.5 Å². The zero-order valence-electron chi connectivity index (χ0n) is 18.8. The first-order valence-corrected chi connectivity index (χ1v) is 12.5. The number of hydrogen-bond acceptors (Lipinski definition) is 6. The molecule has 3 heterocycles. The Balaban J connectivity index is 1.78. The van der Waals surface area contributed by atoms with E-state index in [1.807, 2.05) is 0 Å². The number of carbonyl (C=O) groups excluding carboxylic acids is 3. The molecule has 3 aliphatic rings. The molecule has 1 N–H and O–H groups in total. The van der Waals surface area contributed by atoms with Crippen molar-refractivity contribution in [2.24, 2.45) is 11.8 Å². The summed E-state index contributed by atoms with van der Waals surface area (Å²) in [6.45, 7) is 7.49. The summed E-state index contributed by atoms with van der Waals surface area (Å²) in [6.07, 6.45) is 3.03. The number of esters is 1. The van der Waals surface area contributed by atoms with Crippen molar-refractivity contribution < 1.29 is 24.2 Å². The summed E-state index contributed by atoms with van der Waals surface area (Å²) in [5.74, 6) is -2.09. The Hall–Kier alpha value is -2.03. The molecular weight excluding hydrogens is 464 g/mol. The van der Waals surface area contributed by atoms with Crippen LogP contribution in [0, 0.1) is 11.8 Å². The summed E-state index contributed by atoms with van der Waals surface area (Å²) in [6, 6.07) is 5.57. The number of benzene rings is 1. The van der Waals surface area contributed by atoms with E-state index in [2.05, 4.69) is 6.58 Å². The van der Waals surface area contributed by atoms with E-state index >= 15 is 0 Å². The van der Waals surface area contributed by atoms with E-state index in [4.69, 9.17) is 16.3 Å². The lowest BCUT2D eigenvalue weighted by atomic mass is 9.71. The van der Waals surface area contributed by atoms with Gasteiger partial charge in [0.1, 0.15) is 6.04 Å². The second kappa shape index (κ2) is 9.31. The first-order chi connectivity index (χ1) is 15.8. The van der Waals surface area contributed by atoms with Crippen LogP contribution in [0.4, 0.5) is 5.69 Å². The Morgan fingerprint density at radius 1 is 1.42 bits per heavy atom. The number of thioether (sulfide) groups is 1. The second-order valence-electron chi connectivity index (χ2n) is 8.80. The molecule has 4 rings (SSSR count). The molecule has 1 aromatic rings. The highest BCUT2D eigenvalue weighted by Crippen LogP contribution is 2.67. The van der Waals surface area contributed by atoms with E-state index in [9.17, 15) is 19.5 Å². The quantitative estimate of drug-likeness (QED) is 0.443. The Bertz CT molecular complexity index is 957. The van der Waals surface area contributed by atoms with Crippen molar-refractivity contribution in [3.05, 3.63) is 41.9 Å². The first-order valence-electron chi connectivity index (χ1n) is 11.3. The van der Waals surface area contributed by atoms with Gasteiger partial charge < -0.3 is 19.6 Å². The van der Waals surface area contributed by atoms with Gasteiger partial charge in [0.2, 0.25) is 5.91 Å². The van der Waals surface area contributed by atoms with Crippen LogP contribution in [-0.4, -0.2) is 69.6 Å². The van der Waals surface area contributed by atoms with E-state index in [-0.39, 0.29) is 42.8 Å². The molecular formula is C24H29ClN2O5S. The first kappa shape index (κ1) is 24.1. The molecule has 0 saturated carbocycles. The van der Waals surface area contributed by atoms with Crippen LogP contribution in [0.5, 0.6) is 0 Å². The largest absolute Gasteiger partial charge is 0.466 e. The van der Waals surface area contributed by atoms with Gasteiger partial charge in [0.15, 0.2) is 0 Å². The van der Waals surface area contributed by atoms with Crippen LogP contribution in [0.2, 0.25) is 5.02 Å². The van der Waals surface area contributed by atoms with Crippen molar-refractivity contribution in [3.63, 3.8) is 0 Å². The maximum atomic E-state index is 14.2. The number of anilines is 1. The van der Waals surface area contributed by atoms with Gasteiger partial charge in [-0.15, -0.1) is 18.3 Å². The van der Waals surface area contributed by atoms with Gasteiger partial charge in [0.25, 0.3) is 5.91 Å². The number of aliphatic hydroxyl groups excluding tert-OH is 1. The maximum Gasteiger partial charge on any atom is 0.310 e. The van der Waals surface area contributed by atoms with Crippen LogP contribution in [0.3, 0.4) is 0 Å². The minimum absolute atomic E-state index is 0.0525. The van der Waals surface area contributed by atoms with E-state index in [0.29, 0.717) is 17.1 Å². The number of halogens is 1. The zero-order chi connectivity index (χ0) is 23.9. The van der Waals surface area contributed by atoms with Gasteiger partial charge in [-0.3, -0.25) is 14.4 Å². The third-order valence-electron chi connectivity index (χ3n) is 6.99. The number of amides is 2. The summed E-state index contributed by atoms with van der Waals surface area (Å²) in [4.78, 5) is 43.9. The molecule has 1 spiro atoms. The van der Waals surface area contributed by atoms with Crippen molar-refractivity contribution in [1.29, 1.82) is 0 Å². The van der Waals surface area contributed by atoms with Crippen molar-refractivity contribution >= 4 is 46.8 Å². The third kappa shape index (κ3) is 3.76. The molecule has 9 heteroatoms. The Morgan fingerprint density at radius 2 is 2.12 bits per heavy atom. The van der Waals surface area contributed by atoms with Crippen LogP contribution in [0.1, 0.15) is 26.7 Å². The summed E-state index contributed by atoms with van der Waals surface area (Å²) < 4.78 is 4.59. The SMILES string of the molecule is C=CCN(C(=O)C1N([C@H](C)CO)C(=O)[C@@H]2[C@H](C(=O)OCC)[C@@H]3CCC12S3)c1ccc(Cl)cc1. The zero-order valence-corrected chi connectivity index (χ0v) is 20.3. The van der Waals surface area contributed by atoms with Gasteiger partial charge in [-0.2, -0.15) is 0 Å². The molecule has 3 aliphatic heterocycles. The fourth-order valence-electron chi connectivity index (χ4n) is 5.66. The van der Waals surface area contributed by atoms with E-state index < -0.39 is 28.7 Å². The van der Waals surface area contributed by atoms with E-state index in [1.54, 1.807) is 60.9 Å². The fraction of sp³-hybridized carbons (Fsp3) is 0.542. The maximum absolute atomic E-state index is 14.2. The summed E-state index contributed by atoms with van der Waals surface area (Å²) in [5, 5.41) is 10.4. The number of aliphatic hydroxyl groups is 1. The Labute approximate surface area is 203 Å². The molecule has 0 aromatic heterocycles. The van der Waals surface area contributed by atoms with Crippen LogP contribution in [0.15, 0.2) is 36.9 Å². The molecule has 1 aromatic carbocycles. The average Bonchev–Trinajstić information content (AvgIpc) is 3.45. The number of likely N-dealkylation sites (tertiary alicyclic amines) is 1. The van der Waals surface area contributed by atoms with Crippen molar-refractivity contribution in [2.45, 2.75) is 48.8 Å². The highest BCUT2D eigenvalue weighted by atomic mass is 35.5. The third-order valence-corrected chi connectivity index (χ3v) is 9.19. The minimum Gasteiger partial charge on any atom is -0.466 e. The Kier molecular flexibility index (Phi) is 6.80. The van der Waals surface area contributed by atoms with Crippen LogP contribution in [-0.2, 0) is 19.1 Å². The number of rotatable bonds is 8. The monoisotopic (exact) mass is 492 g/mol. The van der Waals surface area contributed by atoms with E-state index in [0.717, 1.165) is 6.42 Å². The van der Waals surface area contributed by atoms with Gasteiger partial charge in [0.05, 0.1) is 35.8 Å². The predicted molar refractivity (Wildman–Crippen MR) is 128 cm³/mol. The van der Waals surface area contributed by atoms with Gasteiger partial charge in [-0.05, 0) is 51.0 Å². The lowest BCUT2D eigenvalue weighted by Gasteiger charge is -2.38. The topological polar surface area (TPSA) is 87.2 Å². The molecule has 6 atom stereocenters. The summed E-state index contributed by atoms with van der Waals surface area (Å²) in [7, 11) is 0. The molecule has 2 amide bonds. The molecule has 2 bridgehead atoms. The molecule has 3 saturated heterocycles. The summed E-state index contributed by atoms with van der Waals surface area (Å²) >= 11 is 7.62. The number of hydrogen-bond donors (Lipinski definition) is 1. The number of fused-ring (bicyclic) bond motifs is 1. The van der Waals surface area contributed by atoms with Crippen LogP contribution in [0.25, 0.3) is 0 Å². The lowest BCUT2D eigenvalue weighted by Crippen LogP contribution is -2.57. The number of carbonyl (C=O) groups is 3. The lowest BCUT2D eigenvalue weighted by molar-refractivity contribution is -0.154.